The van der Waals surface area contributed by atoms with Gasteiger partial charge >= 0.3 is 6.09 Å². The molecular formula is C18H25NO2. The van der Waals surface area contributed by atoms with Crippen molar-refractivity contribution in [1.29, 1.82) is 0 Å². The predicted octanol–water partition coefficient (Wildman–Crippen LogP) is 4.39. The second kappa shape index (κ2) is 8.50. The van der Waals surface area contributed by atoms with Crippen LogP contribution < -0.4 is 0 Å². The first-order chi connectivity index (χ1) is 10.3. The normalized spacial score (nSPS) is 15.7. The van der Waals surface area contributed by atoms with Crippen molar-refractivity contribution < 1.29 is 9.53 Å². The monoisotopic (exact) mass is 287 g/mol. The van der Waals surface area contributed by atoms with Crippen molar-refractivity contribution in [2.75, 3.05) is 13.1 Å². The van der Waals surface area contributed by atoms with Crippen LogP contribution in [0.1, 0.15) is 37.7 Å². The Morgan fingerprint density at radius 3 is 2.67 bits per heavy atom. The zero-order valence-corrected chi connectivity index (χ0v) is 12.7. The fraction of sp³-hybridized carbons (Fsp3) is 0.500. The van der Waals surface area contributed by atoms with Crippen LogP contribution in [0.2, 0.25) is 0 Å². The van der Waals surface area contributed by atoms with Crippen molar-refractivity contribution in [2.45, 2.75) is 38.7 Å². The standard InChI is InChI=1S/C18H25NO2/c1-2-3-5-8-16-11-13-19(14-12-16)18(20)21-15-17-9-6-4-7-10-17/h2,4,6-7,9-10,16H,1,3,5,8,11-15H2. The topological polar surface area (TPSA) is 29.5 Å². The smallest absolute Gasteiger partial charge is 0.410 e. The Morgan fingerprint density at radius 2 is 2.00 bits per heavy atom. The van der Waals surface area contributed by atoms with Gasteiger partial charge in [-0.15, -0.1) is 6.58 Å². The number of hydrogen-bond acceptors (Lipinski definition) is 2. The zero-order valence-electron chi connectivity index (χ0n) is 12.7. The molecule has 3 nitrogen and oxygen atoms in total. The van der Waals surface area contributed by atoms with Crippen LogP contribution in [0.4, 0.5) is 4.79 Å². The largest absolute Gasteiger partial charge is 0.445 e. The highest BCUT2D eigenvalue weighted by molar-refractivity contribution is 5.67. The Kier molecular flexibility index (Phi) is 6.32. The fourth-order valence-electron chi connectivity index (χ4n) is 2.77. The predicted molar refractivity (Wildman–Crippen MR) is 85.0 cm³/mol. The maximum atomic E-state index is 12.0. The molecule has 1 saturated heterocycles. The highest BCUT2D eigenvalue weighted by atomic mass is 16.6. The fourth-order valence-corrected chi connectivity index (χ4v) is 2.77. The maximum absolute atomic E-state index is 12.0. The molecular weight excluding hydrogens is 262 g/mol. The van der Waals surface area contributed by atoms with Crippen molar-refractivity contribution in [2.24, 2.45) is 5.92 Å². The van der Waals surface area contributed by atoms with Crippen molar-refractivity contribution >= 4 is 6.09 Å². The highest BCUT2D eigenvalue weighted by Gasteiger charge is 2.23. The van der Waals surface area contributed by atoms with E-state index in [9.17, 15) is 4.79 Å². The first-order valence-electron chi connectivity index (χ1n) is 7.86. The van der Waals surface area contributed by atoms with Crippen LogP contribution in [0.3, 0.4) is 0 Å². The molecule has 0 radical (unpaired) electrons. The number of rotatable bonds is 6. The van der Waals surface area contributed by atoms with E-state index in [2.05, 4.69) is 6.58 Å². The van der Waals surface area contributed by atoms with E-state index in [1.165, 1.54) is 12.8 Å². The molecule has 0 bridgehead atoms. The lowest BCUT2D eigenvalue weighted by Gasteiger charge is -2.31. The van der Waals surface area contributed by atoms with Crippen LogP contribution in [-0.2, 0) is 11.3 Å². The minimum atomic E-state index is -0.177. The van der Waals surface area contributed by atoms with Gasteiger partial charge in [0.05, 0.1) is 0 Å². The van der Waals surface area contributed by atoms with Gasteiger partial charge in [-0.25, -0.2) is 4.79 Å². The summed E-state index contributed by atoms with van der Waals surface area (Å²) in [6.07, 6.45) is 7.55. The number of likely N-dealkylation sites (tertiary alicyclic amines) is 1. The summed E-state index contributed by atoms with van der Waals surface area (Å²) in [6, 6.07) is 9.82. The van der Waals surface area contributed by atoms with E-state index in [1.807, 2.05) is 41.3 Å². The number of hydrogen-bond donors (Lipinski definition) is 0. The minimum absolute atomic E-state index is 0.177. The minimum Gasteiger partial charge on any atom is -0.445 e. The van der Waals surface area contributed by atoms with E-state index in [4.69, 9.17) is 4.74 Å². The molecule has 0 unspecified atom stereocenters. The third-order valence-electron chi connectivity index (χ3n) is 4.10. The van der Waals surface area contributed by atoms with E-state index in [1.54, 1.807) is 0 Å². The first-order valence-corrected chi connectivity index (χ1v) is 7.86. The molecule has 2 rings (SSSR count). The van der Waals surface area contributed by atoms with Crippen LogP contribution >= 0.6 is 0 Å². The second-order valence-electron chi connectivity index (χ2n) is 5.69. The third kappa shape index (κ3) is 5.25. The van der Waals surface area contributed by atoms with Crippen molar-refractivity contribution in [1.82, 2.24) is 4.90 Å². The summed E-state index contributed by atoms with van der Waals surface area (Å²) in [5.41, 5.74) is 1.03. The van der Waals surface area contributed by atoms with E-state index >= 15 is 0 Å². The average molecular weight is 287 g/mol. The number of carbonyl (C=O) groups is 1. The van der Waals surface area contributed by atoms with Crippen LogP contribution in [0.5, 0.6) is 0 Å². The van der Waals surface area contributed by atoms with Crippen molar-refractivity contribution in [3.63, 3.8) is 0 Å². The van der Waals surface area contributed by atoms with Gasteiger partial charge < -0.3 is 9.64 Å². The van der Waals surface area contributed by atoms with E-state index < -0.39 is 0 Å². The number of unbranched alkanes of at least 4 members (excludes halogenated alkanes) is 1. The third-order valence-corrected chi connectivity index (χ3v) is 4.10. The number of carbonyl (C=O) groups excluding carboxylic acids is 1. The van der Waals surface area contributed by atoms with Gasteiger partial charge in [0.2, 0.25) is 0 Å². The number of nitrogens with zero attached hydrogens (tertiary/aromatic N) is 1. The summed E-state index contributed by atoms with van der Waals surface area (Å²) in [5.74, 6) is 0.753. The second-order valence-corrected chi connectivity index (χ2v) is 5.69. The van der Waals surface area contributed by atoms with Crippen LogP contribution in [0.15, 0.2) is 43.0 Å². The Bertz CT molecular complexity index is 436. The van der Waals surface area contributed by atoms with Crippen LogP contribution in [-0.4, -0.2) is 24.1 Å². The molecule has 0 saturated carbocycles. The lowest BCUT2D eigenvalue weighted by molar-refractivity contribution is 0.0814. The average Bonchev–Trinajstić information content (AvgIpc) is 2.54. The quantitative estimate of drug-likeness (QED) is 0.573. The molecule has 1 amide bonds. The Labute approximate surface area is 127 Å². The van der Waals surface area contributed by atoms with Gasteiger partial charge in [-0.1, -0.05) is 42.8 Å². The van der Waals surface area contributed by atoms with E-state index in [0.717, 1.165) is 43.8 Å². The summed E-state index contributed by atoms with van der Waals surface area (Å²) in [6.45, 7) is 5.77. The summed E-state index contributed by atoms with van der Waals surface area (Å²) >= 11 is 0. The molecule has 0 atom stereocenters. The molecule has 114 valence electrons. The van der Waals surface area contributed by atoms with Gasteiger partial charge in [0.1, 0.15) is 6.61 Å². The summed E-state index contributed by atoms with van der Waals surface area (Å²) in [4.78, 5) is 13.9. The number of amides is 1. The van der Waals surface area contributed by atoms with Crippen molar-refractivity contribution in [3.05, 3.63) is 48.6 Å². The van der Waals surface area contributed by atoms with Crippen LogP contribution in [0, 0.1) is 5.92 Å². The molecule has 3 heteroatoms. The van der Waals surface area contributed by atoms with Crippen molar-refractivity contribution in [3.8, 4) is 0 Å². The van der Waals surface area contributed by atoms with Gasteiger partial charge in [-0.05, 0) is 37.2 Å². The lowest BCUT2D eigenvalue weighted by atomic mass is 9.92. The molecule has 0 spiro atoms. The van der Waals surface area contributed by atoms with Gasteiger partial charge in [-0.3, -0.25) is 0 Å². The Morgan fingerprint density at radius 1 is 1.29 bits per heavy atom. The Balaban J connectivity index is 1.67. The zero-order chi connectivity index (χ0) is 14.9. The van der Waals surface area contributed by atoms with E-state index in [0.29, 0.717) is 6.61 Å². The first kappa shape index (κ1) is 15.6. The molecule has 0 aliphatic carbocycles. The Hall–Kier alpha value is -1.77. The molecule has 21 heavy (non-hydrogen) atoms. The number of ether oxygens (including phenoxy) is 1. The number of benzene rings is 1. The maximum Gasteiger partial charge on any atom is 0.410 e. The van der Waals surface area contributed by atoms with Gasteiger partial charge in [0.25, 0.3) is 0 Å². The molecule has 0 aromatic heterocycles. The van der Waals surface area contributed by atoms with Gasteiger partial charge in [0.15, 0.2) is 0 Å². The molecule has 1 aromatic carbocycles. The molecule has 1 aromatic rings. The molecule has 1 fully saturated rings. The van der Waals surface area contributed by atoms with E-state index in [-0.39, 0.29) is 6.09 Å². The molecule has 1 aliphatic rings. The molecule has 1 heterocycles. The SMILES string of the molecule is C=CCCCC1CCN(C(=O)OCc2ccccc2)CC1. The number of piperidine rings is 1. The molecule has 1 aliphatic heterocycles. The highest BCUT2D eigenvalue weighted by Crippen LogP contribution is 2.23. The van der Waals surface area contributed by atoms with Gasteiger partial charge in [-0.2, -0.15) is 0 Å². The number of allylic oxidation sites excluding steroid dienone is 1. The van der Waals surface area contributed by atoms with Crippen LogP contribution in [0.25, 0.3) is 0 Å². The summed E-state index contributed by atoms with van der Waals surface area (Å²) < 4.78 is 5.38. The summed E-state index contributed by atoms with van der Waals surface area (Å²) in [7, 11) is 0. The molecule has 0 N–H and O–H groups in total. The van der Waals surface area contributed by atoms with Gasteiger partial charge in [0, 0.05) is 13.1 Å². The lowest BCUT2D eigenvalue weighted by Crippen LogP contribution is -2.38. The summed E-state index contributed by atoms with van der Waals surface area (Å²) in [5, 5.41) is 0.